The molecule has 0 aliphatic heterocycles. The van der Waals surface area contributed by atoms with Crippen LogP contribution in [0.3, 0.4) is 0 Å². The molecule has 0 saturated carbocycles. The summed E-state index contributed by atoms with van der Waals surface area (Å²) in [7, 11) is 1.81. The van der Waals surface area contributed by atoms with Crippen LogP contribution in [0.5, 0.6) is 0 Å². The van der Waals surface area contributed by atoms with Gasteiger partial charge >= 0.3 is 0 Å². The van der Waals surface area contributed by atoms with E-state index in [1.54, 1.807) is 4.90 Å². The lowest BCUT2D eigenvalue weighted by Crippen LogP contribution is -2.26. The van der Waals surface area contributed by atoms with Gasteiger partial charge in [0.25, 0.3) is 5.91 Å². The summed E-state index contributed by atoms with van der Waals surface area (Å²) in [5, 5.41) is 0. The third-order valence-electron chi connectivity index (χ3n) is 1.89. The number of carbonyl (C=O) groups is 1. The van der Waals surface area contributed by atoms with Gasteiger partial charge in [0.15, 0.2) is 0 Å². The average Bonchev–Trinajstić information content (AvgIpc) is 2.15. The number of amides is 1. The van der Waals surface area contributed by atoms with Crippen molar-refractivity contribution in [2.75, 3.05) is 13.6 Å². The van der Waals surface area contributed by atoms with Crippen LogP contribution >= 0.6 is 22.6 Å². The molecule has 0 spiro atoms. The van der Waals surface area contributed by atoms with Gasteiger partial charge in [-0.1, -0.05) is 6.07 Å². The minimum Gasteiger partial charge on any atom is -0.342 e. The van der Waals surface area contributed by atoms with Crippen LogP contribution in [0.25, 0.3) is 0 Å². The van der Waals surface area contributed by atoms with E-state index in [0.29, 0.717) is 0 Å². The van der Waals surface area contributed by atoms with Gasteiger partial charge in [0, 0.05) is 22.7 Å². The van der Waals surface area contributed by atoms with Crippen LogP contribution in [0.1, 0.15) is 17.3 Å². The highest BCUT2D eigenvalue weighted by Crippen LogP contribution is 2.09. The summed E-state index contributed by atoms with van der Waals surface area (Å²) >= 11 is 2.20. The van der Waals surface area contributed by atoms with E-state index in [0.717, 1.165) is 15.7 Å². The molecule has 1 rings (SSSR count). The van der Waals surface area contributed by atoms with E-state index < -0.39 is 0 Å². The largest absolute Gasteiger partial charge is 0.342 e. The Bertz CT molecular complexity index is 312. The monoisotopic (exact) mass is 289 g/mol. The van der Waals surface area contributed by atoms with Crippen molar-refractivity contribution in [1.82, 2.24) is 4.90 Å². The first-order valence-electron chi connectivity index (χ1n) is 4.16. The summed E-state index contributed by atoms with van der Waals surface area (Å²) < 4.78 is 1.09. The number of benzene rings is 1. The van der Waals surface area contributed by atoms with E-state index in [1.165, 1.54) is 0 Å². The Morgan fingerprint density at radius 3 is 2.77 bits per heavy atom. The maximum absolute atomic E-state index is 11.7. The van der Waals surface area contributed by atoms with E-state index in [9.17, 15) is 4.79 Å². The van der Waals surface area contributed by atoms with E-state index in [-0.39, 0.29) is 5.91 Å². The van der Waals surface area contributed by atoms with Crippen molar-refractivity contribution >= 4 is 28.5 Å². The minimum atomic E-state index is 0.0843. The van der Waals surface area contributed by atoms with E-state index >= 15 is 0 Å². The predicted octanol–water partition coefficient (Wildman–Crippen LogP) is 2.38. The SMILES string of the molecule is CCN(C)C(=O)c1cccc(I)c1. The molecule has 0 fully saturated rings. The second-order valence-electron chi connectivity index (χ2n) is 2.83. The first-order valence-corrected chi connectivity index (χ1v) is 5.24. The average molecular weight is 289 g/mol. The number of halogens is 1. The zero-order valence-electron chi connectivity index (χ0n) is 7.75. The molecule has 0 heterocycles. The summed E-state index contributed by atoms with van der Waals surface area (Å²) in [6.45, 7) is 2.70. The molecule has 2 nitrogen and oxygen atoms in total. The number of hydrogen-bond donors (Lipinski definition) is 0. The van der Waals surface area contributed by atoms with Crippen LogP contribution in [-0.2, 0) is 0 Å². The predicted molar refractivity (Wildman–Crippen MR) is 61.8 cm³/mol. The summed E-state index contributed by atoms with van der Waals surface area (Å²) in [4.78, 5) is 13.4. The van der Waals surface area contributed by atoms with Crippen LogP contribution in [0.15, 0.2) is 24.3 Å². The fourth-order valence-corrected chi connectivity index (χ4v) is 1.53. The molecule has 0 atom stereocenters. The van der Waals surface area contributed by atoms with Gasteiger partial charge < -0.3 is 4.90 Å². The fourth-order valence-electron chi connectivity index (χ4n) is 0.986. The Morgan fingerprint density at radius 1 is 1.54 bits per heavy atom. The lowest BCUT2D eigenvalue weighted by Gasteiger charge is -2.14. The van der Waals surface area contributed by atoms with Gasteiger partial charge in [-0.2, -0.15) is 0 Å². The van der Waals surface area contributed by atoms with Crippen molar-refractivity contribution < 1.29 is 4.79 Å². The minimum absolute atomic E-state index is 0.0843. The highest BCUT2D eigenvalue weighted by atomic mass is 127. The molecule has 70 valence electrons. The summed E-state index contributed by atoms with van der Waals surface area (Å²) in [6.07, 6.45) is 0. The Morgan fingerprint density at radius 2 is 2.23 bits per heavy atom. The molecule has 13 heavy (non-hydrogen) atoms. The van der Waals surface area contributed by atoms with Crippen LogP contribution in [0.4, 0.5) is 0 Å². The lowest BCUT2D eigenvalue weighted by molar-refractivity contribution is 0.0802. The molecule has 0 N–H and O–H groups in total. The lowest BCUT2D eigenvalue weighted by atomic mass is 10.2. The second-order valence-corrected chi connectivity index (χ2v) is 4.08. The molecular weight excluding hydrogens is 277 g/mol. The Kier molecular flexibility index (Phi) is 3.71. The molecule has 0 bridgehead atoms. The van der Waals surface area contributed by atoms with E-state index in [4.69, 9.17) is 0 Å². The Hall–Kier alpha value is -0.580. The molecule has 0 saturated heterocycles. The Balaban J connectivity index is 2.89. The fraction of sp³-hybridized carbons (Fsp3) is 0.300. The third kappa shape index (κ3) is 2.69. The molecule has 1 aromatic carbocycles. The quantitative estimate of drug-likeness (QED) is 0.765. The second kappa shape index (κ2) is 4.60. The van der Waals surface area contributed by atoms with Gasteiger partial charge in [-0.05, 0) is 47.7 Å². The molecule has 0 aliphatic rings. The molecule has 0 aliphatic carbocycles. The molecule has 1 aromatic rings. The third-order valence-corrected chi connectivity index (χ3v) is 2.56. The van der Waals surface area contributed by atoms with Crippen molar-refractivity contribution in [3.05, 3.63) is 33.4 Å². The standard InChI is InChI=1S/C10H12INO/c1-3-12(2)10(13)8-5-4-6-9(11)7-8/h4-7H,3H2,1-2H3. The van der Waals surface area contributed by atoms with Gasteiger partial charge in [-0.25, -0.2) is 0 Å². The molecule has 0 unspecified atom stereocenters. The molecule has 0 radical (unpaired) electrons. The van der Waals surface area contributed by atoms with E-state index in [2.05, 4.69) is 22.6 Å². The highest BCUT2D eigenvalue weighted by Gasteiger charge is 2.08. The molecule has 0 aromatic heterocycles. The topological polar surface area (TPSA) is 20.3 Å². The van der Waals surface area contributed by atoms with Crippen LogP contribution < -0.4 is 0 Å². The van der Waals surface area contributed by atoms with Gasteiger partial charge in [0.2, 0.25) is 0 Å². The van der Waals surface area contributed by atoms with Crippen molar-refractivity contribution in [3.63, 3.8) is 0 Å². The summed E-state index contributed by atoms with van der Waals surface area (Å²) in [5.74, 6) is 0.0843. The van der Waals surface area contributed by atoms with Crippen LogP contribution in [0.2, 0.25) is 0 Å². The smallest absolute Gasteiger partial charge is 0.253 e. The first-order chi connectivity index (χ1) is 6.15. The normalized spacial score (nSPS) is 9.77. The first kappa shape index (κ1) is 10.5. The Labute approximate surface area is 92.1 Å². The van der Waals surface area contributed by atoms with Crippen molar-refractivity contribution in [2.45, 2.75) is 6.92 Å². The number of rotatable bonds is 2. The van der Waals surface area contributed by atoms with Crippen LogP contribution in [0, 0.1) is 3.57 Å². The summed E-state index contributed by atoms with van der Waals surface area (Å²) in [6, 6.07) is 7.62. The number of hydrogen-bond acceptors (Lipinski definition) is 1. The van der Waals surface area contributed by atoms with Crippen LogP contribution in [-0.4, -0.2) is 24.4 Å². The molecular formula is C10H12INO. The summed E-state index contributed by atoms with van der Waals surface area (Å²) in [5.41, 5.74) is 0.760. The van der Waals surface area contributed by atoms with Gasteiger partial charge in [-0.3, -0.25) is 4.79 Å². The maximum Gasteiger partial charge on any atom is 0.253 e. The van der Waals surface area contributed by atoms with Crippen molar-refractivity contribution in [1.29, 1.82) is 0 Å². The zero-order valence-corrected chi connectivity index (χ0v) is 9.91. The van der Waals surface area contributed by atoms with Crippen molar-refractivity contribution in [3.8, 4) is 0 Å². The number of carbonyl (C=O) groups excluding carboxylic acids is 1. The van der Waals surface area contributed by atoms with Crippen molar-refractivity contribution in [2.24, 2.45) is 0 Å². The van der Waals surface area contributed by atoms with E-state index in [1.807, 2.05) is 38.2 Å². The van der Waals surface area contributed by atoms with Gasteiger partial charge in [-0.15, -0.1) is 0 Å². The molecule has 1 amide bonds. The maximum atomic E-state index is 11.7. The number of nitrogens with zero attached hydrogens (tertiary/aromatic N) is 1. The zero-order chi connectivity index (χ0) is 9.84. The highest BCUT2D eigenvalue weighted by molar-refractivity contribution is 14.1. The molecule has 3 heteroatoms. The van der Waals surface area contributed by atoms with Gasteiger partial charge in [0.1, 0.15) is 0 Å². The van der Waals surface area contributed by atoms with Gasteiger partial charge in [0.05, 0.1) is 0 Å².